The Morgan fingerprint density at radius 1 is 1.30 bits per heavy atom. The summed E-state index contributed by atoms with van der Waals surface area (Å²) in [4.78, 5) is 30.5. The van der Waals surface area contributed by atoms with Gasteiger partial charge in [-0.05, 0) is 62.8 Å². The van der Waals surface area contributed by atoms with E-state index < -0.39 is 5.41 Å². The summed E-state index contributed by atoms with van der Waals surface area (Å²) < 4.78 is 5.21. The van der Waals surface area contributed by atoms with Crippen LogP contribution in [-0.2, 0) is 20.7 Å². The number of amides is 2. The molecule has 4 rings (SSSR count). The van der Waals surface area contributed by atoms with Crippen LogP contribution < -0.4 is 15.1 Å². The van der Waals surface area contributed by atoms with Crippen LogP contribution in [0.25, 0.3) is 0 Å². The third kappa shape index (κ3) is 4.26. The van der Waals surface area contributed by atoms with Gasteiger partial charge >= 0.3 is 0 Å². The van der Waals surface area contributed by atoms with Crippen molar-refractivity contribution < 1.29 is 14.3 Å². The number of rotatable bonds is 7. The Morgan fingerprint density at radius 2 is 2.10 bits per heavy atom. The molecule has 2 amide bonds. The van der Waals surface area contributed by atoms with E-state index in [0.717, 1.165) is 63.0 Å². The highest BCUT2D eigenvalue weighted by Gasteiger charge is 2.41. The molecule has 1 N–H and O–H groups in total. The minimum absolute atomic E-state index is 0.0498. The molecule has 1 saturated carbocycles. The van der Waals surface area contributed by atoms with Crippen molar-refractivity contribution in [3.05, 3.63) is 23.8 Å². The van der Waals surface area contributed by atoms with Gasteiger partial charge in [-0.1, -0.05) is 19.9 Å². The summed E-state index contributed by atoms with van der Waals surface area (Å²) in [5.41, 5.74) is 2.67. The molecule has 2 aliphatic heterocycles. The van der Waals surface area contributed by atoms with Gasteiger partial charge in [0.1, 0.15) is 0 Å². The molecule has 0 spiro atoms. The Balaban J connectivity index is 1.65. The summed E-state index contributed by atoms with van der Waals surface area (Å²) in [5, 5.41) is 3.37. The molecule has 2 fully saturated rings. The lowest BCUT2D eigenvalue weighted by Crippen LogP contribution is -2.47. The van der Waals surface area contributed by atoms with Gasteiger partial charge in [-0.3, -0.25) is 9.59 Å². The number of nitrogens with one attached hydrogen (secondary N) is 1. The molecule has 1 aromatic rings. The molecule has 6 heteroatoms. The van der Waals surface area contributed by atoms with E-state index >= 15 is 0 Å². The second-order valence-electron chi connectivity index (χ2n) is 9.66. The fourth-order valence-corrected chi connectivity index (χ4v) is 4.83. The Bertz CT molecular complexity index is 797. The Kier molecular flexibility index (Phi) is 6.16. The second kappa shape index (κ2) is 8.67. The van der Waals surface area contributed by atoms with Gasteiger partial charge in [-0.2, -0.15) is 0 Å². The van der Waals surface area contributed by atoms with E-state index in [1.807, 2.05) is 23.6 Å². The van der Waals surface area contributed by atoms with Gasteiger partial charge in [0.25, 0.3) is 0 Å². The molecule has 2 heterocycles. The highest BCUT2D eigenvalue weighted by Crippen LogP contribution is 2.41. The first-order valence-electron chi connectivity index (χ1n) is 11.4. The number of benzene rings is 1. The summed E-state index contributed by atoms with van der Waals surface area (Å²) in [6, 6.07) is 6.60. The largest absolute Gasteiger partial charge is 0.385 e. The fraction of sp³-hybridized carbons (Fsp3) is 0.667. The van der Waals surface area contributed by atoms with Gasteiger partial charge in [-0.15, -0.1) is 0 Å². The van der Waals surface area contributed by atoms with Gasteiger partial charge in [-0.25, -0.2) is 0 Å². The summed E-state index contributed by atoms with van der Waals surface area (Å²) in [7, 11) is 1.69. The molecule has 1 atom stereocenters. The minimum atomic E-state index is -0.415. The number of carbonyl (C=O) groups is 2. The monoisotopic (exact) mass is 413 g/mol. The molecular weight excluding hydrogens is 378 g/mol. The predicted molar refractivity (Wildman–Crippen MR) is 119 cm³/mol. The van der Waals surface area contributed by atoms with Crippen molar-refractivity contribution in [1.29, 1.82) is 0 Å². The summed E-state index contributed by atoms with van der Waals surface area (Å²) in [5.74, 6) is 0.441. The lowest BCUT2D eigenvalue weighted by atomic mass is 9.80. The maximum absolute atomic E-state index is 13.4. The van der Waals surface area contributed by atoms with Crippen molar-refractivity contribution in [2.24, 2.45) is 11.3 Å². The zero-order valence-electron chi connectivity index (χ0n) is 18.6. The number of carbonyl (C=O) groups excluding carboxylic acids is 2. The van der Waals surface area contributed by atoms with E-state index in [9.17, 15) is 9.59 Å². The van der Waals surface area contributed by atoms with Crippen LogP contribution in [0.3, 0.4) is 0 Å². The van der Waals surface area contributed by atoms with Gasteiger partial charge < -0.3 is 19.9 Å². The first kappa shape index (κ1) is 21.3. The third-order valence-electron chi connectivity index (χ3n) is 6.62. The van der Waals surface area contributed by atoms with Crippen LogP contribution in [0.15, 0.2) is 18.2 Å². The van der Waals surface area contributed by atoms with Crippen molar-refractivity contribution >= 4 is 23.2 Å². The Labute approximate surface area is 179 Å². The van der Waals surface area contributed by atoms with Crippen molar-refractivity contribution in [3.8, 4) is 0 Å². The van der Waals surface area contributed by atoms with Crippen LogP contribution in [0.4, 0.5) is 11.4 Å². The number of hydrogen-bond acceptors (Lipinski definition) is 4. The van der Waals surface area contributed by atoms with E-state index in [0.29, 0.717) is 19.2 Å². The van der Waals surface area contributed by atoms with Crippen LogP contribution in [0.1, 0.15) is 51.5 Å². The minimum Gasteiger partial charge on any atom is -0.385 e. The molecule has 1 saturated heterocycles. The summed E-state index contributed by atoms with van der Waals surface area (Å²) in [6.45, 7) is 7.07. The van der Waals surface area contributed by atoms with E-state index in [1.54, 1.807) is 7.11 Å². The van der Waals surface area contributed by atoms with E-state index in [2.05, 4.69) is 23.5 Å². The predicted octanol–water partition coefficient (Wildman–Crippen LogP) is 3.13. The standard InChI is InChI=1S/C24H35N3O3/c1-24(2)15-17-7-8-20(14-21(17)26(23(24)29)12-5-13-30-3)27(19-9-10-19)22(28)18-6-4-11-25-16-18/h7-8,14,18-19,25H,4-6,9-13,15-16H2,1-3H3/t18-/m1/s1. The molecule has 3 aliphatic rings. The second-order valence-corrected chi connectivity index (χ2v) is 9.66. The van der Waals surface area contributed by atoms with Gasteiger partial charge in [0.15, 0.2) is 0 Å². The number of nitrogens with zero attached hydrogens (tertiary/aromatic N) is 2. The van der Waals surface area contributed by atoms with Gasteiger partial charge in [0, 0.05) is 49.6 Å². The smallest absolute Gasteiger partial charge is 0.232 e. The number of ether oxygens (including phenoxy) is 1. The Hall–Kier alpha value is -1.92. The average Bonchev–Trinajstić information content (AvgIpc) is 3.57. The van der Waals surface area contributed by atoms with Crippen LogP contribution >= 0.6 is 0 Å². The normalized spacial score (nSPS) is 23.2. The van der Waals surface area contributed by atoms with Crippen LogP contribution in [0.2, 0.25) is 0 Å². The lowest BCUT2D eigenvalue weighted by molar-refractivity contribution is -0.127. The molecule has 164 valence electrons. The van der Waals surface area contributed by atoms with Crippen molar-refractivity contribution in [2.75, 3.05) is 43.2 Å². The third-order valence-corrected chi connectivity index (χ3v) is 6.62. The summed E-state index contributed by atoms with van der Waals surface area (Å²) in [6.07, 6.45) is 5.65. The molecule has 6 nitrogen and oxygen atoms in total. The van der Waals surface area contributed by atoms with Crippen LogP contribution in [-0.4, -0.2) is 51.2 Å². The van der Waals surface area contributed by atoms with Crippen LogP contribution in [0, 0.1) is 11.3 Å². The molecule has 0 aromatic heterocycles. The van der Waals surface area contributed by atoms with Crippen molar-refractivity contribution in [1.82, 2.24) is 5.32 Å². The first-order valence-corrected chi connectivity index (χ1v) is 11.4. The van der Waals surface area contributed by atoms with Crippen LogP contribution in [0.5, 0.6) is 0 Å². The van der Waals surface area contributed by atoms with E-state index in [1.165, 1.54) is 5.56 Å². The number of methoxy groups -OCH3 is 1. The highest BCUT2D eigenvalue weighted by atomic mass is 16.5. The maximum Gasteiger partial charge on any atom is 0.232 e. The Morgan fingerprint density at radius 3 is 2.77 bits per heavy atom. The van der Waals surface area contributed by atoms with Gasteiger partial charge in [0.2, 0.25) is 11.8 Å². The van der Waals surface area contributed by atoms with E-state index in [4.69, 9.17) is 4.74 Å². The average molecular weight is 414 g/mol. The van der Waals surface area contributed by atoms with Gasteiger partial charge in [0.05, 0.1) is 5.92 Å². The molecule has 30 heavy (non-hydrogen) atoms. The number of fused-ring (bicyclic) bond motifs is 1. The first-order chi connectivity index (χ1) is 14.4. The number of hydrogen-bond donors (Lipinski definition) is 1. The SMILES string of the molecule is COCCCN1C(=O)C(C)(C)Cc2ccc(N(C(=O)[C@@H]3CCCNC3)C3CC3)cc21. The van der Waals surface area contributed by atoms with E-state index in [-0.39, 0.29) is 17.7 Å². The lowest BCUT2D eigenvalue weighted by Gasteiger charge is -2.39. The fourth-order valence-electron chi connectivity index (χ4n) is 4.83. The summed E-state index contributed by atoms with van der Waals surface area (Å²) >= 11 is 0. The molecule has 1 aliphatic carbocycles. The molecule has 0 unspecified atom stereocenters. The number of piperidine rings is 1. The zero-order chi connectivity index (χ0) is 21.3. The molecular formula is C24H35N3O3. The highest BCUT2D eigenvalue weighted by molar-refractivity contribution is 6.02. The number of anilines is 2. The molecule has 1 aromatic carbocycles. The molecule has 0 radical (unpaired) electrons. The van der Waals surface area contributed by atoms with Crippen molar-refractivity contribution in [2.45, 2.75) is 58.4 Å². The quantitative estimate of drug-likeness (QED) is 0.698. The molecule has 0 bridgehead atoms. The topological polar surface area (TPSA) is 61.9 Å². The zero-order valence-corrected chi connectivity index (χ0v) is 18.6. The maximum atomic E-state index is 13.4. The van der Waals surface area contributed by atoms with Crippen molar-refractivity contribution in [3.63, 3.8) is 0 Å².